The SMILES string of the molecule is O=C(NNC(=O)c1ccc2c(c1)CCO2)c1ccc(CSc2nc3ccccc3[nH]2)cc1. The monoisotopic (exact) mass is 444 g/mol. The first kappa shape index (κ1) is 20.1. The fraction of sp³-hybridized carbons (Fsp3) is 0.125. The summed E-state index contributed by atoms with van der Waals surface area (Å²) >= 11 is 1.60. The number of carbonyl (C=O) groups excluding carboxylic acids is 2. The highest BCUT2D eigenvalue weighted by Crippen LogP contribution is 2.26. The molecule has 160 valence electrons. The van der Waals surface area contributed by atoms with E-state index in [-0.39, 0.29) is 11.8 Å². The lowest BCUT2D eigenvalue weighted by molar-refractivity contribution is 0.0846. The Morgan fingerprint density at radius 1 is 0.969 bits per heavy atom. The molecule has 0 unspecified atom stereocenters. The van der Waals surface area contributed by atoms with Gasteiger partial charge in [0, 0.05) is 23.3 Å². The Morgan fingerprint density at radius 2 is 1.72 bits per heavy atom. The topological polar surface area (TPSA) is 96.1 Å². The smallest absolute Gasteiger partial charge is 0.269 e. The molecule has 0 fully saturated rings. The number of nitrogens with zero attached hydrogens (tertiary/aromatic N) is 1. The largest absolute Gasteiger partial charge is 0.493 e. The summed E-state index contributed by atoms with van der Waals surface area (Å²) < 4.78 is 5.45. The third-order valence-corrected chi connectivity index (χ3v) is 6.14. The highest BCUT2D eigenvalue weighted by Gasteiger charge is 2.15. The van der Waals surface area contributed by atoms with Crippen LogP contribution in [0.2, 0.25) is 0 Å². The van der Waals surface area contributed by atoms with E-state index in [0.29, 0.717) is 17.7 Å². The fourth-order valence-electron chi connectivity index (χ4n) is 3.49. The van der Waals surface area contributed by atoms with E-state index in [9.17, 15) is 9.59 Å². The molecule has 0 radical (unpaired) electrons. The number of rotatable bonds is 5. The van der Waals surface area contributed by atoms with Gasteiger partial charge in [-0.05, 0) is 53.6 Å². The molecule has 32 heavy (non-hydrogen) atoms. The van der Waals surface area contributed by atoms with Crippen LogP contribution >= 0.6 is 11.8 Å². The van der Waals surface area contributed by atoms with Crippen LogP contribution < -0.4 is 15.6 Å². The number of amides is 2. The van der Waals surface area contributed by atoms with Gasteiger partial charge in [-0.2, -0.15) is 0 Å². The summed E-state index contributed by atoms with van der Waals surface area (Å²) in [6, 6.07) is 20.4. The molecule has 4 aromatic rings. The molecule has 1 aromatic heterocycles. The summed E-state index contributed by atoms with van der Waals surface area (Å²) in [4.78, 5) is 32.6. The van der Waals surface area contributed by atoms with E-state index in [0.717, 1.165) is 45.2 Å². The molecular formula is C24H20N4O3S. The van der Waals surface area contributed by atoms with E-state index in [4.69, 9.17) is 4.74 Å². The van der Waals surface area contributed by atoms with Crippen LogP contribution in [-0.4, -0.2) is 28.4 Å². The van der Waals surface area contributed by atoms with Gasteiger partial charge in [-0.25, -0.2) is 4.98 Å². The second kappa shape index (κ2) is 8.76. The van der Waals surface area contributed by atoms with Crippen molar-refractivity contribution in [3.8, 4) is 5.75 Å². The Bertz CT molecular complexity index is 1270. The third-order valence-electron chi connectivity index (χ3n) is 5.20. The molecule has 0 bridgehead atoms. The second-order valence-corrected chi connectivity index (χ2v) is 8.34. The molecule has 0 aliphatic carbocycles. The summed E-state index contributed by atoms with van der Waals surface area (Å²) in [5, 5.41) is 0.855. The number of benzene rings is 3. The molecule has 8 heteroatoms. The molecule has 0 spiro atoms. The predicted octanol–water partition coefficient (Wildman–Crippen LogP) is 3.86. The van der Waals surface area contributed by atoms with E-state index >= 15 is 0 Å². The zero-order valence-electron chi connectivity index (χ0n) is 17.1. The maximum atomic E-state index is 12.4. The summed E-state index contributed by atoms with van der Waals surface area (Å²) in [7, 11) is 0. The standard InChI is InChI=1S/C24H20N4O3S/c29-22(27-28-23(30)18-9-10-21-17(13-18)11-12-31-21)16-7-5-15(6-8-16)14-32-24-25-19-3-1-2-4-20(19)26-24/h1-10,13H,11-12,14H2,(H,25,26)(H,27,29)(H,28,30). The van der Waals surface area contributed by atoms with Crippen LogP contribution in [0.1, 0.15) is 31.8 Å². The van der Waals surface area contributed by atoms with Crippen molar-refractivity contribution >= 4 is 34.6 Å². The van der Waals surface area contributed by atoms with Crippen molar-refractivity contribution < 1.29 is 14.3 Å². The molecular weight excluding hydrogens is 424 g/mol. The van der Waals surface area contributed by atoms with Crippen LogP contribution in [0.15, 0.2) is 71.9 Å². The van der Waals surface area contributed by atoms with Crippen molar-refractivity contribution in [2.24, 2.45) is 0 Å². The maximum Gasteiger partial charge on any atom is 0.269 e. The number of nitrogens with one attached hydrogen (secondary N) is 3. The van der Waals surface area contributed by atoms with Crippen LogP contribution in [0.25, 0.3) is 11.0 Å². The molecule has 3 aromatic carbocycles. The molecule has 1 aliphatic rings. The van der Waals surface area contributed by atoms with Gasteiger partial charge in [0.15, 0.2) is 5.16 Å². The Hall–Kier alpha value is -3.78. The summed E-state index contributed by atoms with van der Waals surface area (Å²) in [6.45, 7) is 0.629. The lowest BCUT2D eigenvalue weighted by Gasteiger charge is -2.09. The van der Waals surface area contributed by atoms with Gasteiger partial charge in [-0.15, -0.1) is 0 Å². The molecule has 0 atom stereocenters. The van der Waals surface area contributed by atoms with Gasteiger partial charge in [0.05, 0.1) is 17.6 Å². The van der Waals surface area contributed by atoms with Crippen molar-refractivity contribution in [3.63, 3.8) is 0 Å². The van der Waals surface area contributed by atoms with Crippen LogP contribution in [-0.2, 0) is 12.2 Å². The first-order valence-electron chi connectivity index (χ1n) is 10.2. The number of para-hydroxylation sites is 2. The third kappa shape index (κ3) is 4.31. The molecule has 3 N–H and O–H groups in total. The van der Waals surface area contributed by atoms with Gasteiger partial charge in [-0.3, -0.25) is 20.4 Å². The maximum absolute atomic E-state index is 12.4. The lowest BCUT2D eigenvalue weighted by atomic mass is 10.1. The number of hydrazine groups is 1. The lowest BCUT2D eigenvalue weighted by Crippen LogP contribution is -2.41. The number of fused-ring (bicyclic) bond motifs is 2. The second-order valence-electron chi connectivity index (χ2n) is 7.37. The van der Waals surface area contributed by atoms with Crippen molar-refractivity contribution in [2.75, 3.05) is 6.61 Å². The number of aromatic amines is 1. The van der Waals surface area contributed by atoms with Gasteiger partial charge < -0.3 is 9.72 Å². The molecule has 7 nitrogen and oxygen atoms in total. The summed E-state index contributed by atoms with van der Waals surface area (Å²) in [5.74, 6) is 0.788. The number of H-pyrrole nitrogens is 1. The zero-order chi connectivity index (χ0) is 21.9. The van der Waals surface area contributed by atoms with Crippen LogP contribution in [0.3, 0.4) is 0 Å². The van der Waals surface area contributed by atoms with Gasteiger partial charge >= 0.3 is 0 Å². The van der Waals surface area contributed by atoms with Crippen molar-refractivity contribution in [2.45, 2.75) is 17.3 Å². The number of imidazole rings is 1. The number of ether oxygens (including phenoxy) is 1. The predicted molar refractivity (Wildman–Crippen MR) is 123 cm³/mol. The van der Waals surface area contributed by atoms with Crippen molar-refractivity contribution in [1.29, 1.82) is 0 Å². The minimum absolute atomic E-state index is 0.369. The van der Waals surface area contributed by atoms with Crippen molar-refractivity contribution in [3.05, 3.63) is 89.0 Å². The van der Waals surface area contributed by atoms with Gasteiger partial charge in [-0.1, -0.05) is 36.0 Å². The Balaban J connectivity index is 1.14. The van der Waals surface area contributed by atoms with Gasteiger partial charge in [0.25, 0.3) is 11.8 Å². The quantitative estimate of drug-likeness (QED) is 0.321. The van der Waals surface area contributed by atoms with E-state index in [1.165, 1.54) is 0 Å². The average Bonchev–Trinajstić information content (AvgIpc) is 3.47. The summed E-state index contributed by atoms with van der Waals surface area (Å²) in [5.41, 5.74) is 9.90. The van der Waals surface area contributed by atoms with Crippen LogP contribution in [0.4, 0.5) is 0 Å². The number of aromatic nitrogens is 2. The minimum Gasteiger partial charge on any atom is -0.493 e. The van der Waals surface area contributed by atoms with E-state index in [1.807, 2.05) is 36.4 Å². The molecule has 0 saturated carbocycles. The normalized spacial score (nSPS) is 12.2. The Morgan fingerprint density at radius 3 is 2.53 bits per heavy atom. The highest BCUT2D eigenvalue weighted by atomic mass is 32.2. The summed E-state index contributed by atoms with van der Waals surface area (Å²) in [6.07, 6.45) is 0.782. The number of hydrogen-bond acceptors (Lipinski definition) is 5. The van der Waals surface area contributed by atoms with E-state index in [2.05, 4.69) is 20.8 Å². The number of carbonyl (C=O) groups is 2. The van der Waals surface area contributed by atoms with Crippen molar-refractivity contribution in [1.82, 2.24) is 20.8 Å². The van der Waals surface area contributed by atoms with E-state index < -0.39 is 0 Å². The van der Waals surface area contributed by atoms with Crippen LogP contribution in [0.5, 0.6) is 5.75 Å². The minimum atomic E-state index is -0.376. The fourth-order valence-corrected chi connectivity index (χ4v) is 4.33. The number of thioether (sulfide) groups is 1. The number of hydrogen-bond donors (Lipinski definition) is 3. The van der Waals surface area contributed by atoms with E-state index in [1.54, 1.807) is 42.1 Å². The highest BCUT2D eigenvalue weighted by molar-refractivity contribution is 7.98. The Labute approximate surface area is 188 Å². The van der Waals surface area contributed by atoms with Crippen LogP contribution in [0, 0.1) is 0 Å². The van der Waals surface area contributed by atoms with Gasteiger partial charge in [0.2, 0.25) is 0 Å². The Kier molecular flexibility index (Phi) is 5.51. The molecule has 0 saturated heterocycles. The zero-order valence-corrected chi connectivity index (χ0v) is 17.9. The molecule has 1 aliphatic heterocycles. The molecule has 5 rings (SSSR count). The molecule has 2 amide bonds. The average molecular weight is 445 g/mol. The molecule has 2 heterocycles. The first-order chi connectivity index (χ1) is 15.7. The van der Waals surface area contributed by atoms with Gasteiger partial charge in [0.1, 0.15) is 5.75 Å². The first-order valence-corrected chi connectivity index (χ1v) is 11.2.